The standard InChI is InChI=1S/C21H29N3O4/c1-4-23-11-9-16(10-12-23)24(15-18-6-5-13-28-18)21(25)22-19-8-7-17(26-2)14-20(19)27-3/h5-8,13-14,16H,4,9-12,15H2,1-3H3,(H,22,25). The molecule has 0 unspecified atom stereocenters. The van der Waals surface area contributed by atoms with Crippen molar-refractivity contribution in [2.24, 2.45) is 0 Å². The van der Waals surface area contributed by atoms with E-state index >= 15 is 0 Å². The van der Waals surface area contributed by atoms with Crippen LogP contribution in [0.5, 0.6) is 11.5 Å². The topological polar surface area (TPSA) is 67.2 Å². The number of anilines is 1. The highest BCUT2D eigenvalue weighted by Crippen LogP contribution is 2.30. The van der Waals surface area contributed by atoms with Crippen LogP contribution in [0.4, 0.5) is 10.5 Å². The summed E-state index contributed by atoms with van der Waals surface area (Å²) in [4.78, 5) is 17.5. The molecule has 1 fully saturated rings. The number of amides is 2. The van der Waals surface area contributed by atoms with E-state index in [1.54, 1.807) is 38.7 Å². The summed E-state index contributed by atoms with van der Waals surface area (Å²) in [5.74, 6) is 2.01. The molecule has 0 aliphatic carbocycles. The summed E-state index contributed by atoms with van der Waals surface area (Å²) in [5.41, 5.74) is 0.615. The lowest BCUT2D eigenvalue weighted by molar-refractivity contribution is 0.121. The number of likely N-dealkylation sites (tertiary alicyclic amines) is 1. The Kier molecular flexibility index (Phi) is 6.81. The van der Waals surface area contributed by atoms with Crippen LogP contribution < -0.4 is 14.8 Å². The zero-order chi connectivity index (χ0) is 19.9. The molecule has 0 saturated carbocycles. The van der Waals surface area contributed by atoms with E-state index in [0.717, 1.165) is 38.2 Å². The number of ether oxygens (including phenoxy) is 2. The molecule has 7 nitrogen and oxygen atoms in total. The number of piperidine rings is 1. The van der Waals surface area contributed by atoms with Crippen molar-refractivity contribution in [2.45, 2.75) is 32.4 Å². The first kappa shape index (κ1) is 20.1. The predicted octanol–water partition coefficient (Wildman–Crippen LogP) is 3.82. The van der Waals surface area contributed by atoms with Gasteiger partial charge in [-0.1, -0.05) is 6.92 Å². The van der Waals surface area contributed by atoms with Crippen molar-refractivity contribution in [2.75, 3.05) is 39.2 Å². The predicted molar refractivity (Wildman–Crippen MR) is 108 cm³/mol. The summed E-state index contributed by atoms with van der Waals surface area (Å²) in [6.07, 6.45) is 3.53. The molecular formula is C21H29N3O4. The SMILES string of the molecule is CCN1CCC(N(Cc2ccco2)C(=O)Nc2ccc(OC)cc2OC)CC1. The fourth-order valence-corrected chi connectivity index (χ4v) is 3.57. The first-order chi connectivity index (χ1) is 13.6. The molecule has 28 heavy (non-hydrogen) atoms. The molecule has 0 bridgehead atoms. The molecule has 2 amide bonds. The van der Waals surface area contributed by atoms with Crippen molar-refractivity contribution in [1.82, 2.24) is 9.80 Å². The summed E-state index contributed by atoms with van der Waals surface area (Å²) in [7, 11) is 3.17. The molecule has 0 spiro atoms. The number of methoxy groups -OCH3 is 2. The number of nitrogens with one attached hydrogen (secondary N) is 1. The van der Waals surface area contributed by atoms with Gasteiger partial charge in [0.05, 0.1) is 32.7 Å². The maximum Gasteiger partial charge on any atom is 0.322 e. The Balaban J connectivity index is 1.76. The Bertz CT molecular complexity index is 755. The van der Waals surface area contributed by atoms with Crippen LogP contribution in [0.25, 0.3) is 0 Å². The molecule has 7 heteroatoms. The summed E-state index contributed by atoms with van der Waals surface area (Å²) >= 11 is 0. The van der Waals surface area contributed by atoms with E-state index in [4.69, 9.17) is 13.9 Å². The smallest absolute Gasteiger partial charge is 0.322 e. The van der Waals surface area contributed by atoms with Gasteiger partial charge in [-0.25, -0.2) is 4.79 Å². The third-order valence-electron chi connectivity index (χ3n) is 5.26. The molecule has 1 aromatic heterocycles. The summed E-state index contributed by atoms with van der Waals surface area (Å²) < 4.78 is 16.1. The zero-order valence-corrected chi connectivity index (χ0v) is 16.8. The minimum atomic E-state index is -0.158. The summed E-state index contributed by atoms with van der Waals surface area (Å²) in [6, 6.07) is 9.10. The number of furan rings is 1. The fraction of sp³-hybridized carbons (Fsp3) is 0.476. The lowest BCUT2D eigenvalue weighted by Gasteiger charge is -2.38. The molecule has 0 atom stereocenters. The Hall–Kier alpha value is -2.67. The van der Waals surface area contributed by atoms with Crippen molar-refractivity contribution in [3.8, 4) is 11.5 Å². The van der Waals surface area contributed by atoms with Crippen LogP contribution in [0.3, 0.4) is 0 Å². The molecule has 1 aliphatic heterocycles. The Labute approximate surface area is 166 Å². The Morgan fingerprint density at radius 2 is 2.04 bits per heavy atom. The van der Waals surface area contributed by atoms with Gasteiger partial charge in [-0.3, -0.25) is 0 Å². The first-order valence-corrected chi connectivity index (χ1v) is 9.69. The van der Waals surface area contributed by atoms with Gasteiger partial charge in [-0.2, -0.15) is 0 Å². The fourth-order valence-electron chi connectivity index (χ4n) is 3.57. The Morgan fingerprint density at radius 3 is 2.64 bits per heavy atom. The highest BCUT2D eigenvalue weighted by Gasteiger charge is 2.29. The Morgan fingerprint density at radius 1 is 1.25 bits per heavy atom. The van der Waals surface area contributed by atoms with Gasteiger partial charge in [-0.15, -0.1) is 0 Å². The van der Waals surface area contributed by atoms with Crippen molar-refractivity contribution in [1.29, 1.82) is 0 Å². The molecule has 152 valence electrons. The number of hydrogen-bond donors (Lipinski definition) is 1. The first-order valence-electron chi connectivity index (χ1n) is 9.69. The third-order valence-corrected chi connectivity index (χ3v) is 5.26. The second-order valence-corrected chi connectivity index (χ2v) is 6.87. The second kappa shape index (κ2) is 9.50. The van der Waals surface area contributed by atoms with Gasteiger partial charge >= 0.3 is 6.03 Å². The van der Waals surface area contributed by atoms with E-state index in [1.807, 2.05) is 17.0 Å². The third kappa shape index (κ3) is 4.78. The van der Waals surface area contributed by atoms with Gasteiger partial charge in [-0.05, 0) is 43.7 Å². The molecule has 1 N–H and O–H groups in total. The second-order valence-electron chi connectivity index (χ2n) is 6.87. The average Bonchev–Trinajstić information content (AvgIpc) is 3.25. The van der Waals surface area contributed by atoms with Gasteiger partial charge in [0.1, 0.15) is 17.3 Å². The van der Waals surface area contributed by atoms with E-state index in [1.165, 1.54) is 0 Å². The quantitative estimate of drug-likeness (QED) is 0.782. The number of carbonyl (C=O) groups excluding carboxylic acids is 1. The van der Waals surface area contributed by atoms with E-state index in [0.29, 0.717) is 23.7 Å². The maximum absolute atomic E-state index is 13.2. The minimum Gasteiger partial charge on any atom is -0.497 e. The lowest BCUT2D eigenvalue weighted by atomic mass is 10.0. The monoisotopic (exact) mass is 387 g/mol. The summed E-state index contributed by atoms with van der Waals surface area (Å²) in [6.45, 7) is 5.64. The molecule has 2 aromatic rings. The molecule has 3 rings (SSSR count). The van der Waals surface area contributed by atoms with Crippen LogP contribution in [0.2, 0.25) is 0 Å². The van der Waals surface area contributed by atoms with Gasteiger partial charge in [0.15, 0.2) is 0 Å². The number of urea groups is 1. The van der Waals surface area contributed by atoms with Crippen LogP contribution in [0.1, 0.15) is 25.5 Å². The van der Waals surface area contributed by atoms with Crippen LogP contribution >= 0.6 is 0 Å². The highest BCUT2D eigenvalue weighted by atomic mass is 16.5. The molecule has 1 aromatic carbocycles. The largest absolute Gasteiger partial charge is 0.497 e. The number of hydrogen-bond acceptors (Lipinski definition) is 5. The maximum atomic E-state index is 13.2. The van der Waals surface area contributed by atoms with Crippen molar-refractivity contribution >= 4 is 11.7 Å². The van der Waals surface area contributed by atoms with Crippen molar-refractivity contribution in [3.63, 3.8) is 0 Å². The van der Waals surface area contributed by atoms with Crippen molar-refractivity contribution < 1.29 is 18.7 Å². The highest BCUT2D eigenvalue weighted by molar-refractivity contribution is 5.91. The molecular weight excluding hydrogens is 358 g/mol. The number of benzene rings is 1. The van der Waals surface area contributed by atoms with Gasteiger partial charge in [0.25, 0.3) is 0 Å². The number of rotatable bonds is 7. The van der Waals surface area contributed by atoms with Gasteiger partial charge in [0.2, 0.25) is 0 Å². The lowest BCUT2D eigenvalue weighted by Crippen LogP contribution is -2.48. The average molecular weight is 387 g/mol. The zero-order valence-electron chi connectivity index (χ0n) is 16.8. The van der Waals surface area contributed by atoms with Crippen LogP contribution in [0.15, 0.2) is 41.0 Å². The molecule has 1 aliphatic rings. The van der Waals surface area contributed by atoms with Crippen molar-refractivity contribution in [3.05, 3.63) is 42.4 Å². The number of carbonyl (C=O) groups is 1. The summed E-state index contributed by atoms with van der Waals surface area (Å²) in [5, 5.41) is 3.00. The van der Waals surface area contributed by atoms with E-state index in [-0.39, 0.29) is 12.1 Å². The number of nitrogens with zero attached hydrogens (tertiary/aromatic N) is 2. The molecule has 1 saturated heterocycles. The minimum absolute atomic E-state index is 0.158. The van der Waals surface area contributed by atoms with Crippen LogP contribution in [0, 0.1) is 0 Å². The normalized spacial score (nSPS) is 15.2. The van der Waals surface area contributed by atoms with E-state index in [2.05, 4.69) is 17.1 Å². The van der Waals surface area contributed by atoms with Crippen LogP contribution in [-0.4, -0.2) is 55.7 Å². The van der Waals surface area contributed by atoms with Gasteiger partial charge in [0, 0.05) is 25.2 Å². The van der Waals surface area contributed by atoms with Gasteiger partial charge < -0.3 is 29.0 Å². The molecule has 0 radical (unpaired) electrons. The van der Waals surface area contributed by atoms with E-state index in [9.17, 15) is 4.79 Å². The molecule has 2 heterocycles. The van der Waals surface area contributed by atoms with Crippen LogP contribution in [-0.2, 0) is 6.54 Å². The van der Waals surface area contributed by atoms with E-state index < -0.39 is 0 Å².